The number of carbonyl (C=O) groups is 1. The third-order valence-corrected chi connectivity index (χ3v) is 7.96. The van der Waals surface area contributed by atoms with Crippen LogP contribution in [0.4, 0.5) is 28.0 Å². The molecule has 0 aromatic heterocycles. The molecule has 12 heteroatoms. The second kappa shape index (κ2) is 12.3. The number of carbonyl (C=O) groups excluding carboxylic acids is 1. The molecule has 2 amide bonds. The van der Waals surface area contributed by atoms with Gasteiger partial charge in [0, 0.05) is 70.9 Å². The molecule has 2 atom stereocenters. The number of nitrogens with zero attached hydrogens (tertiary/aromatic N) is 4. The topological polar surface area (TPSA) is 76.3 Å². The first kappa shape index (κ1) is 29.4. The molecule has 0 unspecified atom stereocenters. The van der Waals surface area contributed by atoms with Crippen LogP contribution < -0.4 is 5.73 Å². The van der Waals surface area contributed by atoms with E-state index in [9.17, 15) is 22.4 Å². The van der Waals surface area contributed by atoms with Gasteiger partial charge in [0.05, 0.1) is 16.3 Å². The van der Waals surface area contributed by atoms with Crippen molar-refractivity contribution in [2.75, 3.05) is 65.2 Å². The molecule has 2 heterocycles. The Hall–Kier alpha value is -2.60. The lowest BCUT2D eigenvalue weighted by molar-refractivity contribution is -0.140. The van der Waals surface area contributed by atoms with E-state index in [1.54, 1.807) is 17.0 Å². The number of likely N-dealkylation sites (tertiary alicyclic amines) is 1. The van der Waals surface area contributed by atoms with Crippen LogP contribution in [0.5, 0.6) is 0 Å². The van der Waals surface area contributed by atoms with Gasteiger partial charge in [-0.3, -0.25) is 9.80 Å². The largest absolute Gasteiger partial charge is 0.419 e. The summed E-state index contributed by atoms with van der Waals surface area (Å²) >= 11 is 6.14. The minimum atomic E-state index is -4.76. The third kappa shape index (κ3) is 6.95. The number of alkyl halides is 3. The number of anilines is 1. The highest BCUT2D eigenvalue weighted by Crippen LogP contribution is 2.35. The van der Waals surface area contributed by atoms with Crippen LogP contribution in [0.15, 0.2) is 36.4 Å². The summed E-state index contributed by atoms with van der Waals surface area (Å²) in [6.07, 6.45) is -4.06. The van der Waals surface area contributed by atoms with Gasteiger partial charge in [-0.2, -0.15) is 13.2 Å². The predicted octanol–water partition coefficient (Wildman–Crippen LogP) is 4.10. The molecule has 39 heavy (non-hydrogen) atoms. The lowest BCUT2D eigenvalue weighted by atomic mass is 9.92. The van der Waals surface area contributed by atoms with Crippen molar-refractivity contribution >= 4 is 23.3 Å². The van der Waals surface area contributed by atoms with Crippen LogP contribution in [-0.4, -0.2) is 96.2 Å². The molecule has 4 rings (SSSR count). The number of rotatable bonds is 7. The molecule has 2 aromatic carbocycles. The highest BCUT2D eigenvalue weighted by Gasteiger charge is 2.40. The van der Waals surface area contributed by atoms with E-state index in [0.29, 0.717) is 48.9 Å². The first-order valence-corrected chi connectivity index (χ1v) is 13.3. The summed E-state index contributed by atoms with van der Waals surface area (Å²) in [5, 5.41) is 9.50. The van der Waals surface area contributed by atoms with E-state index in [4.69, 9.17) is 22.4 Å². The van der Waals surface area contributed by atoms with Crippen LogP contribution >= 0.6 is 11.6 Å². The number of nitrogens with two attached hydrogens (primary N) is 1. The summed E-state index contributed by atoms with van der Waals surface area (Å²) in [4.78, 5) is 21.3. The Morgan fingerprint density at radius 1 is 1.10 bits per heavy atom. The van der Waals surface area contributed by atoms with Crippen molar-refractivity contribution in [2.45, 2.75) is 31.1 Å². The monoisotopic (exact) mass is 571 g/mol. The Bertz CT molecular complexity index is 1160. The summed E-state index contributed by atoms with van der Waals surface area (Å²) < 4.78 is 53.3. The average Bonchev–Trinajstić information content (AvgIpc) is 3.34. The molecule has 2 aliphatic heterocycles. The quantitative estimate of drug-likeness (QED) is 0.387. The van der Waals surface area contributed by atoms with Crippen molar-refractivity contribution in [3.8, 4) is 0 Å². The van der Waals surface area contributed by atoms with Crippen molar-refractivity contribution in [1.82, 2.24) is 19.6 Å². The van der Waals surface area contributed by atoms with Crippen LogP contribution in [0.3, 0.4) is 0 Å². The van der Waals surface area contributed by atoms with Gasteiger partial charge in [0.15, 0.2) is 0 Å². The Kier molecular flexibility index (Phi) is 9.25. The summed E-state index contributed by atoms with van der Waals surface area (Å²) in [7, 11) is 1.82. The second-order valence-electron chi connectivity index (χ2n) is 10.3. The van der Waals surface area contributed by atoms with Crippen molar-refractivity contribution in [2.24, 2.45) is 0 Å². The van der Waals surface area contributed by atoms with Gasteiger partial charge in [-0.25, -0.2) is 9.18 Å². The predicted molar refractivity (Wildman–Crippen MR) is 142 cm³/mol. The standard InChI is InChI=1S/C27H34ClF4N5O2/c1-34(15-18-3-5-21(23(29)13-18)27(30,31)32)25-17-37(16-20(25)19-4-6-22(28)24(33)14-19)26(39)36-10-8-35(9-11-36)7-2-12-38/h3-6,13-14,20,25,38H,2,7-12,15-17,33H2,1H3/t20-,25+/m1/s1. The Labute approximate surface area is 230 Å². The number of aliphatic hydroxyl groups excluding tert-OH is 1. The summed E-state index contributed by atoms with van der Waals surface area (Å²) in [6, 6.07) is 8.08. The van der Waals surface area contributed by atoms with Crippen molar-refractivity contribution in [1.29, 1.82) is 0 Å². The zero-order chi connectivity index (χ0) is 28.3. The van der Waals surface area contributed by atoms with E-state index < -0.39 is 17.6 Å². The Morgan fingerprint density at radius 2 is 1.82 bits per heavy atom. The van der Waals surface area contributed by atoms with Crippen LogP contribution in [0.1, 0.15) is 29.0 Å². The Morgan fingerprint density at radius 3 is 2.44 bits per heavy atom. The first-order chi connectivity index (χ1) is 18.5. The molecule has 0 radical (unpaired) electrons. The lowest BCUT2D eigenvalue weighted by Gasteiger charge is -2.36. The average molecular weight is 572 g/mol. The SMILES string of the molecule is CN(Cc1ccc(C(F)(F)F)c(F)c1)[C@H]1CN(C(=O)N2CCN(CCCO)CC2)C[C@@H]1c1ccc(Cl)c(N)c1. The molecule has 2 fully saturated rings. The number of hydrogen-bond acceptors (Lipinski definition) is 5. The van der Waals surface area contributed by atoms with Crippen LogP contribution in [0.2, 0.25) is 5.02 Å². The maximum Gasteiger partial charge on any atom is 0.419 e. The molecule has 7 nitrogen and oxygen atoms in total. The van der Waals surface area contributed by atoms with Gasteiger partial charge in [0.2, 0.25) is 0 Å². The minimum absolute atomic E-state index is 0.0692. The molecular weight excluding hydrogens is 538 g/mol. The maximum absolute atomic E-state index is 14.2. The molecule has 0 saturated carbocycles. The number of aliphatic hydroxyl groups is 1. The second-order valence-corrected chi connectivity index (χ2v) is 10.7. The molecule has 0 spiro atoms. The van der Waals surface area contributed by atoms with Crippen molar-refractivity contribution in [3.05, 3.63) is 63.9 Å². The van der Waals surface area contributed by atoms with Crippen LogP contribution in [0, 0.1) is 5.82 Å². The van der Waals surface area contributed by atoms with E-state index in [1.807, 2.05) is 22.9 Å². The zero-order valence-corrected chi connectivity index (χ0v) is 22.6. The molecule has 0 bridgehead atoms. The van der Waals surface area contributed by atoms with Gasteiger partial charge in [-0.05, 0) is 48.9 Å². The smallest absolute Gasteiger partial charge is 0.398 e. The van der Waals surface area contributed by atoms with E-state index in [0.717, 1.165) is 37.3 Å². The van der Waals surface area contributed by atoms with Gasteiger partial charge in [-0.1, -0.05) is 23.7 Å². The number of benzene rings is 2. The summed E-state index contributed by atoms with van der Waals surface area (Å²) in [5.74, 6) is -1.44. The fourth-order valence-corrected chi connectivity index (χ4v) is 5.58. The van der Waals surface area contributed by atoms with Crippen molar-refractivity contribution < 1.29 is 27.5 Å². The molecule has 2 aliphatic rings. The number of halogens is 5. The first-order valence-electron chi connectivity index (χ1n) is 13.0. The normalized spacial score (nSPS) is 20.7. The summed E-state index contributed by atoms with van der Waals surface area (Å²) in [6.45, 7) is 4.61. The number of hydrogen-bond donors (Lipinski definition) is 2. The number of amides is 2. The van der Waals surface area contributed by atoms with Gasteiger partial charge in [-0.15, -0.1) is 0 Å². The number of likely N-dealkylation sites (N-methyl/N-ethyl adjacent to an activating group) is 1. The zero-order valence-electron chi connectivity index (χ0n) is 21.8. The fourth-order valence-electron chi connectivity index (χ4n) is 5.46. The van der Waals surface area contributed by atoms with Gasteiger partial charge in [0.1, 0.15) is 5.82 Å². The van der Waals surface area contributed by atoms with Crippen LogP contribution in [-0.2, 0) is 12.7 Å². The van der Waals surface area contributed by atoms with Crippen molar-refractivity contribution in [3.63, 3.8) is 0 Å². The van der Waals surface area contributed by atoms with Gasteiger partial charge >= 0.3 is 12.2 Å². The maximum atomic E-state index is 14.2. The van der Waals surface area contributed by atoms with E-state index in [-0.39, 0.29) is 31.1 Å². The highest BCUT2D eigenvalue weighted by atomic mass is 35.5. The molecule has 0 aliphatic carbocycles. The third-order valence-electron chi connectivity index (χ3n) is 7.62. The molecule has 2 saturated heterocycles. The molecular formula is C27H34ClF4N5O2. The number of nitrogen functional groups attached to an aromatic ring is 1. The van der Waals surface area contributed by atoms with Crippen LogP contribution in [0.25, 0.3) is 0 Å². The molecule has 2 aromatic rings. The fraction of sp³-hybridized carbons (Fsp3) is 0.519. The van der Waals surface area contributed by atoms with Gasteiger partial charge < -0.3 is 20.6 Å². The molecule has 214 valence electrons. The minimum Gasteiger partial charge on any atom is -0.398 e. The van der Waals surface area contributed by atoms with E-state index in [1.165, 1.54) is 6.07 Å². The van der Waals surface area contributed by atoms with E-state index in [2.05, 4.69) is 4.90 Å². The highest BCUT2D eigenvalue weighted by molar-refractivity contribution is 6.33. The summed E-state index contributed by atoms with van der Waals surface area (Å²) in [5.41, 5.74) is 6.50. The van der Waals surface area contributed by atoms with E-state index >= 15 is 0 Å². The van der Waals surface area contributed by atoms with Gasteiger partial charge in [0.25, 0.3) is 0 Å². The number of urea groups is 1. The lowest BCUT2D eigenvalue weighted by Crippen LogP contribution is -2.52. The Balaban J connectivity index is 1.51. The number of piperazine rings is 1. The molecule has 3 N–H and O–H groups in total.